The van der Waals surface area contributed by atoms with Gasteiger partial charge in [-0.2, -0.15) is 4.31 Å². The maximum atomic E-state index is 12.8. The highest BCUT2D eigenvalue weighted by Crippen LogP contribution is 2.25. The van der Waals surface area contributed by atoms with Gasteiger partial charge in [0.15, 0.2) is 0 Å². The minimum Gasteiger partial charge on any atom is -0.326 e. The van der Waals surface area contributed by atoms with Crippen molar-refractivity contribution < 1.29 is 13.2 Å². The molecule has 1 aliphatic heterocycles. The summed E-state index contributed by atoms with van der Waals surface area (Å²) in [5.41, 5.74) is 2.73. The third-order valence-corrected chi connectivity index (χ3v) is 6.78. The number of amides is 1. The number of benzene rings is 1. The quantitative estimate of drug-likeness (QED) is 0.894. The van der Waals surface area contributed by atoms with Gasteiger partial charge in [-0.05, 0) is 62.1 Å². The minimum absolute atomic E-state index is 0.0700. The van der Waals surface area contributed by atoms with E-state index in [0.29, 0.717) is 36.5 Å². The minimum atomic E-state index is -3.52. The molecule has 1 fully saturated rings. The second-order valence-corrected chi connectivity index (χ2v) is 8.59. The van der Waals surface area contributed by atoms with Gasteiger partial charge in [-0.1, -0.05) is 6.07 Å². The lowest BCUT2D eigenvalue weighted by molar-refractivity contribution is -0.120. The predicted molar refractivity (Wildman–Crippen MR) is 100 cm³/mol. The largest absolute Gasteiger partial charge is 0.326 e. The van der Waals surface area contributed by atoms with E-state index in [0.717, 1.165) is 11.1 Å². The van der Waals surface area contributed by atoms with E-state index in [2.05, 4.69) is 10.3 Å². The van der Waals surface area contributed by atoms with Crippen LogP contribution in [0.1, 0.15) is 24.0 Å². The summed E-state index contributed by atoms with van der Waals surface area (Å²) in [6.07, 6.45) is 4.27. The zero-order valence-corrected chi connectivity index (χ0v) is 15.8. The Balaban J connectivity index is 1.64. The van der Waals surface area contributed by atoms with Crippen molar-refractivity contribution >= 4 is 21.6 Å². The molecule has 1 aromatic heterocycles. The van der Waals surface area contributed by atoms with E-state index in [1.54, 1.807) is 36.7 Å². The van der Waals surface area contributed by atoms with Gasteiger partial charge in [0.25, 0.3) is 0 Å². The van der Waals surface area contributed by atoms with E-state index in [9.17, 15) is 13.2 Å². The van der Waals surface area contributed by atoms with Crippen LogP contribution in [-0.4, -0.2) is 36.7 Å². The molecular formula is C19H23N3O3S. The Morgan fingerprint density at radius 3 is 2.35 bits per heavy atom. The molecule has 1 aliphatic rings. The summed E-state index contributed by atoms with van der Waals surface area (Å²) in [7, 11) is -3.52. The molecule has 138 valence electrons. The van der Waals surface area contributed by atoms with Crippen LogP contribution < -0.4 is 5.32 Å². The number of aryl methyl sites for hydroxylation is 2. The highest BCUT2D eigenvalue weighted by molar-refractivity contribution is 7.89. The molecule has 2 aromatic rings. The van der Waals surface area contributed by atoms with Crippen LogP contribution in [0.4, 0.5) is 5.69 Å². The number of carbonyl (C=O) groups is 1. The maximum absolute atomic E-state index is 12.8. The SMILES string of the molecule is Cc1ccc(S(=O)(=O)N2CCC(C(=O)Nc3ccncc3)CC2)cc1C. The van der Waals surface area contributed by atoms with E-state index in [1.807, 2.05) is 19.9 Å². The van der Waals surface area contributed by atoms with Crippen LogP contribution >= 0.6 is 0 Å². The molecule has 0 spiro atoms. The van der Waals surface area contributed by atoms with Crippen LogP contribution in [0.5, 0.6) is 0 Å². The van der Waals surface area contributed by atoms with Crippen molar-refractivity contribution in [2.24, 2.45) is 5.92 Å². The second kappa shape index (κ2) is 7.55. The Morgan fingerprint density at radius 2 is 1.73 bits per heavy atom. The van der Waals surface area contributed by atoms with Crippen LogP contribution in [0.3, 0.4) is 0 Å². The monoisotopic (exact) mass is 373 g/mol. The summed E-state index contributed by atoms with van der Waals surface area (Å²) in [5.74, 6) is -0.256. The molecule has 0 unspecified atom stereocenters. The molecule has 1 N–H and O–H groups in total. The number of piperidine rings is 1. The van der Waals surface area contributed by atoms with Crippen LogP contribution in [-0.2, 0) is 14.8 Å². The Morgan fingerprint density at radius 1 is 1.08 bits per heavy atom. The Hall–Kier alpha value is -2.25. The molecule has 0 atom stereocenters. The average Bonchev–Trinajstić information content (AvgIpc) is 2.65. The molecule has 2 heterocycles. The van der Waals surface area contributed by atoms with Gasteiger partial charge in [0.1, 0.15) is 0 Å². The van der Waals surface area contributed by atoms with Crippen LogP contribution in [0.25, 0.3) is 0 Å². The molecule has 1 saturated heterocycles. The molecule has 6 nitrogen and oxygen atoms in total. The number of hydrogen-bond donors (Lipinski definition) is 1. The first-order valence-corrected chi connectivity index (χ1v) is 10.1. The lowest BCUT2D eigenvalue weighted by Crippen LogP contribution is -2.41. The fourth-order valence-electron chi connectivity index (χ4n) is 3.06. The van der Waals surface area contributed by atoms with Gasteiger partial charge in [0.05, 0.1) is 4.90 Å². The third kappa shape index (κ3) is 3.94. The molecule has 0 bridgehead atoms. The number of sulfonamides is 1. The third-order valence-electron chi connectivity index (χ3n) is 4.89. The predicted octanol–water partition coefficient (Wildman–Crippen LogP) is 2.74. The molecule has 0 saturated carbocycles. The van der Waals surface area contributed by atoms with E-state index in [1.165, 1.54) is 4.31 Å². The summed E-state index contributed by atoms with van der Waals surface area (Å²) in [5, 5.41) is 2.86. The smallest absolute Gasteiger partial charge is 0.243 e. The van der Waals surface area contributed by atoms with Crippen molar-refractivity contribution in [1.29, 1.82) is 0 Å². The number of carbonyl (C=O) groups excluding carboxylic acids is 1. The van der Waals surface area contributed by atoms with E-state index in [4.69, 9.17) is 0 Å². The van der Waals surface area contributed by atoms with Crippen molar-refractivity contribution in [2.75, 3.05) is 18.4 Å². The van der Waals surface area contributed by atoms with E-state index < -0.39 is 10.0 Å². The summed E-state index contributed by atoms with van der Waals surface area (Å²) in [6, 6.07) is 8.67. The first-order valence-electron chi connectivity index (χ1n) is 8.66. The number of hydrogen-bond acceptors (Lipinski definition) is 4. The molecule has 7 heteroatoms. The summed E-state index contributed by atoms with van der Waals surface area (Å²) in [4.78, 5) is 16.6. The van der Waals surface area contributed by atoms with Crippen molar-refractivity contribution in [2.45, 2.75) is 31.6 Å². The zero-order valence-electron chi connectivity index (χ0n) is 15.0. The Labute approximate surface area is 154 Å². The number of nitrogens with one attached hydrogen (secondary N) is 1. The fraction of sp³-hybridized carbons (Fsp3) is 0.368. The number of aromatic nitrogens is 1. The van der Waals surface area contributed by atoms with Gasteiger partial charge in [0.2, 0.25) is 15.9 Å². The van der Waals surface area contributed by atoms with Gasteiger partial charge < -0.3 is 5.32 Å². The summed E-state index contributed by atoms with van der Waals surface area (Å²) in [6.45, 7) is 4.57. The van der Waals surface area contributed by atoms with Gasteiger partial charge in [0, 0.05) is 37.1 Å². The molecule has 0 radical (unpaired) electrons. The van der Waals surface area contributed by atoms with E-state index in [-0.39, 0.29) is 11.8 Å². The normalized spacial score (nSPS) is 16.4. The van der Waals surface area contributed by atoms with Crippen molar-refractivity contribution in [3.05, 3.63) is 53.9 Å². The van der Waals surface area contributed by atoms with Gasteiger partial charge >= 0.3 is 0 Å². The number of rotatable bonds is 4. The van der Waals surface area contributed by atoms with Crippen molar-refractivity contribution in [1.82, 2.24) is 9.29 Å². The topological polar surface area (TPSA) is 79.4 Å². The molecular weight excluding hydrogens is 350 g/mol. The van der Waals surface area contributed by atoms with Crippen molar-refractivity contribution in [3.63, 3.8) is 0 Å². The second-order valence-electron chi connectivity index (χ2n) is 6.65. The highest BCUT2D eigenvalue weighted by atomic mass is 32.2. The summed E-state index contributed by atoms with van der Waals surface area (Å²) >= 11 is 0. The Bertz CT molecular complexity index is 890. The lowest BCUT2D eigenvalue weighted by atomic mass is 9.97. The standard InChI is InChI=1S/C19H23N3O3S/c1-14-3-4-18(13-15(14)2)26(24,25)22-11-7-16(8-12-22)19(23)21-17-5-9-20-10-6-17/h3-6,9-10,13,16H,7-8,11-12H2,1-2H3,(H,20,21,23). The number of pyridine rings is 1. The van der Waals surface area contributed by atoms with E-state index >= 15 is 0 Å². The lowest BCUT2D eigenvalue weighted by Gasteiger charge is -2.30. The first kappa shape index (κ1) is 18.5. The van der Waals surface area contributed by atoms with Gasteiger partial charge in [-0.3, -0.25) is 9.78 Å². The molecule has 1 aromatic carbocycles. The van der Waals surface area contributed by atoms with Crippen LogP contribution in [0.15, 0.2) is 47.6 Å². The highest BCUT2D eigenvalue weighted by Gasteiger charge is 2.32. The Kier molecular flexibility index (Phi) is 5.38. The van der Waals surface area contributed by atoms with Crippen LogP contribution in [0.2, 0.25) is 0 Å². The van der Waals surface area contributed by atoms with Gasteiger partial charge in [-0.25, -0.2) is 8.42 Å². The molecule has 1 amide bonds. The maximum Gasteiger partial charge on any atom is 0.243 e. The average molecular weight is 373 g/mol. The number of anilines is 1. The fourth-order valence-corrected chi connectivity index (χ4v) is 4.62. The van der Waals surface area contributed by atoms with Gasteiger partial charge in [-0.15, -0.1) is 0 Å². The zero-order chi connectivity index (χ0) is 18.7. The summed E-state index contributed by atoms with van der Waals surface area (Å²) < 4.78 is 27.2. The van der Waals surface area contributed by atoms with Crippen molar-refractivity contribution in [3.8, 4) is 0 Å². The number of nitrogens with zero attached hydrogens (tertiary/aromatic N) is 2. The molecule has 3 rings (SSSR count). The first-order chi connectivity index (χ1) is 12.4. The molecule has 26 heavy (non-hydrogen) atoms. The molecule has 0 aliphatic carbocycles. The van der Waals surface area contributed by atoms with Crippen LogP contribution in [0, 0.1) is 19.8 Å².